The maximum absolute atomic E-state index is 12.1. The highest BCUT2D eigenvalue weighted by Gasteiger charge is 2.27. The SMILES string of the molecule is COCC=C(C(=O)O)S(=O)(=O)Oc1cc(C(C)=O)ccc1C. The van der Waals surface area contributed by atoms with Gasteiger partial charge in [0.1, 0.15) is 5.75 Å². The quantitative estimate of drug-likeness (QED) is 0.459. The van der Waals surface area contributed by atoms with Gasteiger partial charge in [0.15, 0.2) is 10.7 Å². The van der Waals surface area contributed by atoms with Gasteiger partial charge in [-0.3, -0.25) is 4.79 Å². The smallest absolute Gasteiger partial charge is 0.350 e. The summed E-state index contributed by atoms with van der Waals surface area (Å²) in [5, 5.41) is 8.99. The van der Waals surface area contributed by atoms with Crippen molar-refractivity contribution in [1.82, 2.24) is 0 Å². The van der Waals surface area contributed by atoms with E-state index in [1.807, 2.05) is 0 Å². The van der Waals surface area contributed by atoms with Crippen LogP contribution >= 0.6 is 0 Å². The molecule has 1 aromatic carbocycles. The number of aryl methyl sites for hydroxylation is 1. The fourth-order valence-electron chi connectivity index (χ4n) is 1.53. The molecule has 7 nitrogen and oxygen atoms in total. The monoisotopic (exact) mass is 328 g/mol. The van der Waals surface area contributed by atoms with E-state index >= 15 is 0 Å². The lowest BCUT2D eigenvalue weighted by molar-refractivity contribution is -0.131. The highest BCUT2D eigenvalue weighted by molar-refractivity contribution is 7.92. The zero-order chi connectivity index (χ0) is 16.9. The second kappa shape index (κ2) is 7.19. The van der Waals surface area contributed by atoms with Crippen LogP contribution in [0.3, 0.4) is 0 Å². The molecule has 0 spiro atoms. The average molecular weight is 328 g/mol. The van der Waals surface area contributed by atoms with Gasteiger partial charge in [-0.15, -0.1) is 0 Å². The molecule has 0 unspecified atom stereocenters. The molecule has 0 saturated carbocycles. The molecule has 0 bridgehead atoms. The fourth-order valence-corrected chi connectivity index (χ4v) is 2.52. The van der Waals surface area contributed by atoms with Crippen molar-refractivity contribution in [2.24, 2.45) is 0 Å². The number of carboxylic acid groups (broad SMARTS) is 1. The van der Waals surface area contributed by atoms with E-state index in [0.29, 0.717) is 5.56 Å². The summed E-state index contributed by atoms with van der Waals surface area (Å²) in [7, 11) is -3.25. The van der Waals surface area contributed by atoms with Crippen molar-refractivity contribution in [3.05, 3.63) is 40.3 Å². The van der Waals surface area contributed by atoms with Gasteiger partial charge in [0.2, 0.25) is 0 Å². The van der Waals surface area contributed by atoms with Crippen molar-refractivity contribution in [2.75, 3.05) is 13.7 Å². The van der Waals surface area contributed by atoms with Crippen molar-refractivity contribution in [1.29, 1.82) is 0 Å². The first-order valence-electron chi connectivity index (χ1n) is 6.17. The van der Waals surface area contributed by atoms with Crippen LogP contribution in [-0.2, 0) is 19.6 Å². The van der Waals surface area contributed by atoms with Crippen LogP contribution in [0.15, 0.2) is 29.2 Å². The van der Waals surface area contributed by atoms with Gasteiger partial charge in [-0.05, 0) is 31.6 Å². The number of benzene rings is 1. The third kappa shape index (κ3) is 4.40. The molecule has 0 aliphatic rings. The first kappa shape index (κ1) is 17.9. The van der Waals surface area contributed by atoms with Crippen LogP contribution in [0.5, 0.6) is 5.75 Å². The molecule has 0 aromatic heterocycles. The van der Waals surface area contributed by atoms with Gasteiger partial charge in [0, 0.05) is 12.7 Å². The highest BCUT2D eigenvalue weighted by atomic mass is 32.2. The first-order valence-corrected chi connectivity index (χ1v) is 7.58. The van der Waals surface area contributed by atoms with Crippen molar-refractivity contribution in [3.8, 4) is 5.75 Å². The zero-order valence-electron chi connectivity index (χ0n) is 12.3. The molecule has 0 saturated heterocycles. The Balaban J connectivity index is 3.23. The van der Waals surface area contributed by atoms with E-state index in [0.717, 1.165) is 6.08 Å². The molecule has 8 heteroatoms. The van der Waals surface area contributed by atoms with Crippen molar-refractivity contribution in [2.45, 2.75) is 13.8 Å². The minimum absolute atomic E-state index is 0.0998. The number of carbonyl (C=O) groups excluding carboxylic acids is 1. The molecule has 0 aliphatic heterocycles. The molecule has 1 rings (SSSR count). The Hall–Kier alpha value is -2.19. The second-order valence-electron chi connectivity index (χ2n) is 4.40. The third-order valence-electron chi connectivity index (χ3n) is 2.71. The maximum Gasteiger partial charge on any atom is 0.350 e. The molecule has 120 valence electrons. The van der Waals surface area contributed by atoms with Crippen molar-refractivity contribution >= 4 is 21.9 Å². The van der Waals surface area contributed by atoms with E-state index in [1.165, 1.54) is 32.2 Å². The second-order valence-corrected chi connectivity index (χ2v) is 5.92. The van der Waals surface area contributed by atoms with Crippen LogP contribution in [0, 0.1) is 6.92 Å². The number of aliphatic carboxylic acids is 1. The third-order valence-corrected chi connectivity index (χ3v) is 3.99. The van der Waals surface area contributed by atoms with Crippen LogP contribution in [0.4, 0.5) is 0 Å². The van der Waals surface area contributed by atoms with Gasteiger partial charge in [0.05, 0.1) is 6.61 Å². The maximum atomic E-state index is 12.1. The number of methoxy groups -OCH3 is 1. The average Bonchev–Trinajstić information content (AvgIpc) is 2.40. The molecule has 1 N–H and O–H groups in total. The molecular weight excluding hydrogens is 312 g/mol. The lowest BCUT2D eigenvalue weighted by atomic mass is 10.1. The summed E-state index contributed by atoms with van der Waals surface area (Å²) in [6, 6.07) is 4.29. The molecule has 1 aromatic rings. The van der Waals surface area contributed by atoms with Crippen LogP contribution < -0.4 is 4.18 Å². The Labute approximate surface area is 128 Å². The predicted octanol–water partition coefficient (Wildman–Crippen LogP) is 1.52. The Morgan fingerprint density at radius 3 is 2.45 bits per heavy atom. The Kier molecular flexibility index (Phi) is 5.84. The molecule has 0 amide bonds. The van der Waals surface area contributed by atoms with Crippen molar-refractivity contribution < 1.29 is 32.0 Å². The Bertz CT molecular complexity index is 717. The standard InChI is InChI=1S/C14H16O7S/c1-9-4-5-11(10(2)15)8-12(9)21-22(18,19)13(14(16)17)6-7-20-3/h4-6,8H,7H2,1-3H3,(H,16,17). The summed E-state index contributed by atoms with van der Waals surface area (Å²) in [6.07, 6.45) is 0.891. The first-order chi connectivity index (χ1) is 10.2. The minimum atomic E-state index is -4.54. The van der Waals surface area contributed by atoms with Crippen LogP contribution in [0.25, 0.3) is 0 Å². The van der Waals surface area contributed by atoms with Gasteiger partial charge in [-0.1, -0.05) is 12.1 Å². The van der Waals surface area contributed by atoms with E-state index in [1.54, 1.807) is 6.92 Å². The normalized spacial score (nSPS) is 12.0. The molecule has 22 heavy (non-hydrogen) atoms. The van der Waals surface area contributed by atoms with E-state index in [-0.39, 0.29) is 23.7 Å². The molecule has 0 fully saturated rings. The number of hydrogen-bond donors (Lipinski definition) is 1. The summed E-state index contributed by atoms with van der Waals surface area (Å²) >= 11 is 0. The summed E-state index contributed by atoms with van der Waals surface area (Å²) in [4.78, 5) is 21.5. The predicted molar refractivity (Wildman–Crippen MR) is 78.3 cm³/mol. The molecule has 0 radical (unpaired) electrons. The number of ketones is 1. The van der Waals surface area contributed by atoms with E-state index in [2.05, 4.69) is 4.74 Å². The van der Waals surface area contributed by atoms with Crippen molar-refractivity contribution in [3.63, 3.8) is 0 Å². The van der Waals surface area contributed by atoms with Crippen LogP contribution in [0.1, 0.15) is 22.8 Å². The Morgan fingerprint density at radius 2 is 1.95 bits per heavy atom. The number of rotatable bonds is 7. The summed E-state index contributed by atoms with van der Waals surface area (Å²) < 4.78 is 33.6. The molecular formula is C14H16O7S. The number of Topliss-reactive ketones (excluding diaryl/α,β-unsaturated/α-hetero) is 1. The largest absolute Gasteiger partial charge is 0.477 e. The summed E-state index contributed by atoms with van der Waals surface area (Å²) in [6.45, 7) is 2.70. The summed E-state index contributed by atoms with van der Waals surface area (Å²) in [5.74, 6) is -2.02. The topological polar surface area (TPSA) is 107 Å². The van der Waals surface area contributed by atoms with Gasteiger partial charge < -0.3 is 14.0 Å². The lowest BCUT2D eigenvalue weighted by Crippen LogP contribution is -2.19. The van der Waals surface area contributed by atoms with Crippen LogP contribution in [0.2, 0.25) is 0 Å². The van der Waals surface area contributed by atoms with Gasteiger partial charge in [-0.2, -0.15) is 8.42 Å². The molecule has 0 heterocycles. The number of carbonyl (C=O) groups is 2. The summed E-state index contributed by atoms with van der Waals surface area (Å²) in [5.41, 5.74) is 0.707. The molecule has 0 atom stereocenters. The van der Waals surface area contributed by atoms with E-state index < -0.39 is 21.0 Å². The Morgan fingerprint density at radius 1 is 1.32 bits per heavy atom. The fraction of sp³-hybridized carbons (Fsp3) is 0.286. The number of carboxylic acids is 1. The van der Waals surface area contributed by atoms with Gasteiger partial charge in [-0.25, -0.2) is 4.79 Å². The minimum Gasteiger partial charge on any atom is -0.477 e. The van der Waals surface area contributed by atoms with Gasteiger partial charge in [0.25, 0.3) is 0 Å². The van der Waals surface area contributed by atoms with E-state index in [9.17, 15) is 18.0 Å². The van der Waals surface area contributed by atoms with Crippen LogP contribution in [-0.4, -0.2) is 39.0 Å². The lowest BCUT2D eigenvalue weighted by Gasteiger charge is -2.11. The van der Waals surface area contributed by atoms with Gasteiger partial charge >= 0.3 is 16.1 Å². The van der Waals surface area contributed by atoms with E-state index in [4.69, 9.17) is 9.29 Å². The highest BCUT2D eigenvalue weighted by Crippen LogP contribution is 2.24. The number of hydrogen-bond acceptors (Lipinski definition) is 6. The number of ether oxygens (including phenoxy) is 1. The zero-order valence-corrected chi connectivity index (χ0v) is 13.1. The molecule has 0 aliphatic carbocycles.